The number of nitrogens with zero attached hydrogens (tertiary/aromatic N) is 2. The van der Waals surface area contributed by atoms with E-state index < -0.39 is 0 Å². The zero-order valence-electron chi connectivity index (χ0n) is 11.1. The lowest BCUT2D eigenvalue weighted by molar-refractivity contribution is 0.0343. The number of fused-ring (bicyclic) bond motifs is 1. The van der Waals surface area contributed by atoms with Crippen LogP contribution >= 0.6 is 0 Å². The molecule has 3 nitrogen and oxygen atoms in total. The standard InChI is InChI=1S/C15H20N2O/c1-12-3-4-15-14(9-12)13(10-16(15)2)11-17-5-7-18-8-6-17/h3-4,9-10H,5-8,11H2,1-2H3. The average molecular weight is 244 g/mol. The number of aromatic nitrogens is 1. The number of hydrogen-bond donors (Lipinski definition) is 0. The van der Waals surface area contributed by atoms with E-state index in [1.54, 1.807) is 0 Å². The van der Waals surface area contributed by atoms with Gasteiger partial charge in [0.25, 0.3) is 0 Å². The van der Waals surface area contributed by atoms with Gasteiger partial charge in [-0.2, -0.15) is 0 Å². The summed E-state index contributed by atoms with van der Waals surface area (Å²) in [6.07, 6.45) is 2.26. The van der Waals surface area contributed by atoms with Crippen LogP contribution in [-0.4, -0.2) is 35.8 Å². The highest BCUT2D eigenvalue weighted by molar-refractivity contribution is 5.84. The smallest absolute Gasteiger partial charge is 0.0594 e. The van der Waals surface area contributed by atoms with E-state index >= 15 is 0 Å². The first kappa shape index (κ1) is 11.8. The van der Waals surface area contributed by atoms with Crippen molar-refractivity contribution in [1.82, 2.24) is 9.47 Å². The molecule has 0 N–H and O–H groups in total. The summed E-state index contributed by atoms with van der Waals surface area (Å²) in [5.74, 6) is 0. The van der Waals surface area contributed by atoms with E-state index in [1.165, 1.54) is 22.0 Å². The molecule has 0 spiro atoms. The highest BCUT2D eigenvalue weighted by Gasteiger charge is 2.14. The van der Waals surface area contributed by atoms with E-state index in [0.29, 0.717) is 0 Å². The van der Waals surface area contributed by atoms with Crippen LogP contribution in [0.25, 0.3) is 10.9 Å². The van der Waals surface area contributed by atoms with Crippen LogP contribution in [0.2, 0.25) is 0 Å². The largest absolute Gasteiger partial charge is 0.379 e. The molecule has 0 unspecified atom stereocenters. The molecular formula is C15H20N2O. The Labute approximate surface area is 108 Å². The molecule has 1 aliphatic rings. The second-order valence-corrected chi connectivity index (χ2v) is 5.17. The van der Waals surface area contributed by atoms with Crippen molar-refractivity contribution in [2.75, 3.05) is 26.3 Å². The van der Waals surface area contributed by atoms with Crippen molar-refractivity contribution in [1.29, 1.82) is 0 Å². The quantitative estimate of drug-likeness (QED) is 0.806. The molecule has 0 bridgehead atoms. The van der Waals surface area contributed by atoms with E-state index in [2.05, 4.69) is 47.8 Å². The van der Waals surface area contributed by atoms with Gasteiger partial charge in [-0.1, -0.05) is 11.6 Å². The maximum absolute atomic E-state index is 5.40. The van der Waals surface area contributed by atoms with Crippen LogP contribution in [0, 0.1) is 6.92 Å². The number of morpholine rings is 1. The predicted molar refractivity (Wildman–Crippen MR) is 73.8 cm³/mol. The Morgan fingerprint density at radius 2 is 2.00 bits per heavy atom. The van der Waals surface area contributed by atoms with Gasteiger partial charge < -0.3 is 9.30 Å². The van der Waals surface area contributed by atoms with Gasteiger partial charge in [0.05, 0.1) is 13.2 Å². The fourth-order valence-electron chi connectivity index (χ4n) is 2.71. The normalized spacial score (nSPS) is 17.4. The Morgan fingerprint density at radius 3 is 2.78 bits per heavy atom. The van der Waals surface area contributed by atoms with Gasteiger partial charge in [-0.15, -0.1) is 0 Å². The molecule has 0 aliphatic carbocycles. The lowest BCUT2D eigenvalue weighted by Crippen LogP contribution is -2.35. The molecule has 1 aromatic heterocycles. The number of benzene rings is 1. The fraction of sp³-hybridized carbons (Fsp3) is 0.467. The number of rotatable bonds is 2. The third-order valence-corrected chi connectivity index (χ3v) is 3.73. The van der Waals surface area contributed by atoms with Crippen LogP contribution in [0.15, 0.2) is 24.4 Å². The Bertz CT molecular complexity index is 553. The molecular weight excluding hydrogens is 224 g/mol. The summed E-state index contributed by atoms with van der Waals surface area (Å²) in [6, 6.07) is 6.69. The molecule has 2 aromatic rings. The molecule has 18 heavy (non-hydrogen) atoms. The van der Waals surface area contributed by atoms with E-state index in [9.17, 15) is 0 Å². The van der Waals surface area contributed by atoms with Gasteiger partial charge in [-0.3, -0.25) is 4.90 Å². The lowest BCUT2D eigenvalue weighted by atomic mass is 10.1. The second kappa shape index (κ2) is 4.75. The third kappa shape index (κ3) is 2.16. The first-order chi connectivity index (χ1) is 8.74. The third-order valence-electron chi connectivity index (χ3n) is 3.73. The van der Waals surface area contributed by atoms with Crippen molar-refractivity contribution in [3.63, 3.8) is 0 Å². The van der Waals surface area contributed by atoms with Gasteiger partial charge in [-0.05, 0) is 24.6 Å². The summed E-state index contributed by atoms with van der Waals surface area (Å²) in [6.45, 7) is 7.01. The monoisotopic (exact) mass is 244 g/mol. The SMILES string of the molecule is Cc1ccc2c(c1)c(CN1CCOCC1)cn2C. The minimum absolute atomic E-state index is 0.865. The molecule has 96 valence electrons. The van der Waals surface area contributed by atoms with Crippen LogP contribution in [-0.2, 0) is 18.3 Å². The van der Waals surface area contributed by atoms with Gasteiger partial charge in [-0.25, -0.2) is 0 Å². The van der Waals surface area contributed by atoms with Crippen molar-refractivity contribution >= 4 is 10.9 Å². The topological polar surface area (TPSA) is 17.4 Å². The van der Waals surface area contributed by atoms with Gasteiger partial charge in [0.1, 0.15) is 0 Å². The van der Waals surface area contributed by atoms with E-state index in [1.807, 2.05) is 0 Å². The molecule has 0 amide bonds. The molecule has 1 fully saturated rings. The van der Waals surface area contributed by atoms with Crippen LogP contribution < -0.4 is 0 Å². The number of ether oxygens (including phenoxy) is 1. The summed E-state index contributed by atoms with van der Waals surface area (Å²) in [4.78, 5) is 2.47. The van der Waals surface area contributed by atoms with Crippen molar-refractivity contribution in [2.45, 2.75) is 13.5 Å². The van der Waals surface area contributed by atoms with Gasteiger partial charge in [0, 0.05) is 43.8 Å². The molecule has 3 heteroatoms. The van der Waals surface area contributed by atoms with Crippen LogP contribution in [0.1, 0.15) is 11.1 Å². The predicted octanol–water partition coefficient (Wildman–Crippen LogP) is 2.32. The first-order valence-corrected chi connectivity index (χ1v) is 6.59. The van der Waals surface area contributed by atoms with Crippen LogP contribution in [0.5, 0.6) is 0 Å². The highest BCUT2D eigenvalue weighted by atomic mass is 16.5. The van der Waals surface area contributed by atoms with E-state index in [-0.39, 0.29) is 0 Å². The molecule has 2 heterocycles. The van der Waals surface area contributed by atoms with Gasteiger partial charge in [0.15, 0.2) is 0 Å². The van der Waals surface area contributed by atoms with E-state index in [0.717, 1.165) is 32.8 Å². The second-order valence-electron chi connectivity index (χ2n) is 5.17. The van der Waals surface area contributed by atoms with Crippen LogP contribution in [0.3, 0.4) is 0 Å². The van der Waals surface area contributed by atoms with Gasteiger partial charge in [0.2, 0.25) is 0 Å². The van der Waals surface area contributed by atoms with E-state index in [4.69, 9.17) is 4.74 Å². The fourth-order valence-corrected chi connectivity index (χ4v) is 2.71. The lowest BCUT2D eigenvalue weighted by Gasteiger charge is -2.26. The van der Waals surface area contributed by atoms with Gasteiger partial charge >= 0.3 is 0 Å². The molecule has 0 radical (unpaired) electrons. The van der Waals surface area contributed by atoms with Crippen molar-refractivity contribution < 1.29 is 4.74 Å². The maximum atomic E-state index is 5.40. The first-order valence-electron chi connectivity index (χ1n) is 6.59. The summed E-state index contributed by atoms with van der Waals surface area (Å²) in [5.41, 5.74) is 4.08. The van der Waals surface area contributed by atoms with Crippen molar-refractivity contribution in [3.05, 3.63) is 35.5 Å². The molecule has 1 aliphatic heterocycles. The molecule has 1 saturated heterocycles. The van der Waals surface area contributed by atoms with Crippen molar-refractivity contribution in [2.24, 2.45) is 7.05 Å². The minimum Gasteiger partial charge on any atom is -0.379 e. The highest BCUT2D eigenvalue weighted by Crippen LogP contribution is 2.23. The zero-order chi connectivity index (χ0) is 12.5. The summed E-state index contributed by atoms with van der Waals surface area (Å²) in [5, 5.41) is 1.39. The Hall–Kier alpha value is -1.32. The Balaban J connectivity index is 1.93. The molecule has 0 atom stereocenters. The Kier molecular flexibility index (Phi) is 3.10. The minimum atomic E-state index is 0.865. The summed E-state index contributed by atoms with van der Waals surface area (Å²) >= 11 is 0. The molecule has 3 rings (SSSR count). The molecule has 1 aromatic carbocycles. The van der Waals surface area contributed by atoms with Crippen LogP contribution in [0.4, 0.5) is 0 Å². The number of aryl methyl sites for hydroxylation is 2. The number of hydrogen-bond acceptors (Lipinski definition) is 2. The maximum Gasteiger partial charge on any atom is 0.0594 e. The zero-order valence-corrected chi connectivity index (χ0v) is 11.1. The molecule has 0 saturated carbocycles. The van der Waals surface area contributed by atoms with Crippen molar-refractivity contribution in [3.8, 4) is 0 Å². The average Bonchev–Trinajstić information content (AvgIpc) is 2.67. The summed E-state index contributed by atoms with van der Waals surface area (Å²) in [7, 11) is 2.13. The summed E-state index contributed by atoms with van der Waals surface area (Å²) < 4.78 is 7.63. The Morgan fingerprint density at radius 1 is 1.22 bits per heavy atom.